The van der Waals surface area contributed by atoms with Crippen LogP contribution in [0, 0.1) is 6.92 Å². The lowest BCUT2D eigenvalue weighted by Gasteiger charge is -2.09. The molecular weight excluding hydrogens is 372 g/mol. The van der Waals surface area contributed by atoms with Crippen LogP contribution in [0.3, 0.4) is 0 Å². The first-order valence-corrected chi connectivity index (χ1v) is 9.20. The number of ketones is 1. The summed E-state index contributed by atoms with van der Waals surface area (Å²) in [5.41, 5.74) is 4.28. The molecule has 28 heavy (non-hydrogen) atoms. The highest BCUT2D eigenvalue weighted by Gasteiger charge is 2.25. The minimum absolute atomic E-state index is 0.323. The van der Waals surface area contributed by atoms with Crippen LogP contribution in [0.4, 0.5) is 5.69 Å². The molecule has 0 atom stereocenters. The molecule has 0 saturated carbocycles. The number of para-hydroxylation sites is 1. The first kappa shape index (κ1) is 18.0. The minimum atomic E-state index is -0.731. The Balaban J connectivity index is 1.79. The molecule has 4 aromatic rings. The minimum Gasteiger partial charge on any atom is -0.318 e. The molecule has 0 bridgehead atoms. The number of Topliss-reactive ketones (excluding diaryl/α,β-unsaturated/α-hetero) is 1. The molecule has 0 radical (unpaired) electrons. The zero-order valence-electron chi connectivity index (χ0n) is 15.1. The van der Waals surface area contributed by atoms with E-state index in [1.165, 1.54) is 0 Å². The van der Waals surface area contributed by atoms with Gasteiger partial charge in [-0.2, -0.15) is 0 Å². The Kier molecular flexibility index (Phi) is 4.72. The smallest absolute Gasteiger partial charge is 0.298 e. The van der Waals surface area contributed by atoms with Gasteiger partial charge in [-0.05, 0) is 42.8 Å². The number of halogens is 1. The van der Waals surface area contributed by atoms with E-state index >= 15 is 0 Å². The van der Waals surface area contributed by atoms with Crippen molar-refractivity contribution in [2.24, 2.45) is 0 Å². The first-order valence-electron chi connectivity index (χ1n) is 8.82. The van der Waals surface area contributed by atoms with E-state index in [9.17, 15) is 9.59 Å². The largest absolute Gasteiger partial charge is 0.318 e. The van der Waals surface area contributed by atoms with Gasteiger partial charge in [-0.3, -0.25) is 9.59 Å². The van der Waals surface area contributed by atoms with E-state index in [0.29, 0.717) is 22.0 Å². The quantitative estimate of drug-likeness (QED) is 0.376. The fourth-order valence-electron chi connectivity index (χ4n) is 3.16. The van der Waals surface area contributed by atoms with Gasteiger partial charge in [0.2, 0.25) is 0 Å². The number of carbonyl (C=O) groups is 2. The molecule has 1 N–H and O–H groups in total. The molecule has 5 heteroatoms. The van der Waals surface area contributed by atoms with Gasteiger partial charge in [0.1, 0.15) is 5.69 Å². The summed E-state index contributed by atoms with van der Waals surface area (Å²) in [5.74, 6) is -1.35. The van der Waals surface area contributed by atoms with Crippen molar-refractivity contribution in [2.45, 2.75) is 6.92 Å². The van der Waals surface area contributed by atoms with Crippen LogP contribution in [-0.2, 0) is 4.79 Å². The van der Waals surface area contributed by atoms with Crippen molar-refractivity contribution >= 4 is 34.5 Å². The van der Waals surface area contributed by atoms with Gasteiger partial charge in [0.25, 0.3) is 11.7 Å². The molecule has 138 valence electrons. The predicted molar refractivity (Wildman–Crippen MR) is 112 cm³/mol. The van der Waals surface area contributed by atoms with Crippen LogP contribution in [-0.4, -0.2) is 16.1 Å². The normalized spacial score (nSPS) is 10.8. The number of aryl methyl sites for hydroxylation is 1. The van der Waals surface area contributed by atoms with Gasteiger partial charge >= 0.3 is 0 Å². The van der Waals surface area contributed by atoms with E-state index in [4.69, 9.17) is 11.6 Å². The van der Waals surface area contributed by atoms with Crippen LogP contribution in [0.5, 0.6) is 0 Å². The van der Waals surface area contributed by atoms with Crippen molar-refractivity contribution in [2.75, 3.05) is 5.32 Å². The molecule has 0 unspecified atom stereocenters. The second kappa shape index (κ2) is 7.33. The van der Waals surface area contributed by atoms with Crippen molar-refractivity contribution in [3.05, 3.63) is 95.3 Å². The van der Waals surface area contributed by atoms with Crippen LogP contribution in [0.1, 0.15) is 16.1 Å². The van der Waals surface area contributed by atoms with E-state index in [-0.39, 0.29) is 0 Å². The van der Waals surface area contributed by atoms with Crippen molar-refractivity contribution in [3.8, 4) is 11.1 Å². The number of hydrogen-bond donors (Lipinski definition) is 1. The zero-order chi connectivity index (χ0) is 19.7. The molecule has 4 rings (SSSR count). The molecule has 4 nitrogen and oxygen atoms in total. The highest BCUT2D eigenvalue weighted by Crippen LogP contribution is 2.29. The predicted octanol–water partition coefficient (Wildman–Crippen LogP) is 5.39. The molecule has 0 saturated heterocycles. The highest BCUT2D eigenvalue weighted by molar-refractivity contribution is 6.48. The second-order valence-electron chi connectivity index (χ2n) is 6.53. The van der Waals surface area contributed by atoms with Gasteiger partial charge in [0.05, 0.1) is 10.7 Å². The van der Waals surface area contributed by atoms with Gasteiger partial charge in [-0.1, -0.05) is 59.6 Å². The summed E-state index contributed by atoms with van der Waals surface area (Å²) < 4.78 is 1.74. The number of nitrogens with one attached hydrogen (secondary N) is 1. The van der Waals surface area contributed by atoms with Crippen LogP contribution >= 0.6 is 11.6 Å². The van der Waals surface area contributed by atoms with E-state index in [0.717, 1.165) is 16.6 Å². The molecule has 2 heterocycles. The SMILES string of the molecule is Cc1ccc(-c2cc3ccccn3c2C(=O)C(=O)Nc2ccccc2Cl)cc1. The Labute approximate surface area is 167 Å². The Morgan fingerprint density at radius 1 is 0.929 bits per heavy atom. The maximum atomic E-state index is 13.1. The number of pyridine rings is 1. The summed E-state index contributed by atoms with van der Waals surface area (Å²) in [7, 11) is 0. The van der Waals surface area contributed by atoms with E-state index < -0.39 is 11.7 Å². The molecule has 0 aliphatic carbocycles. The standard InChI is InChI=1S/C23H17ClN2O2/c1-15-9-11-16(12-10-15)18-14-17-6-4-5-13-26(17)21(18)22(27)23(28)25-20-8-3-2-7-19(20)24/h2-14H,1H3,(H,25,28). The van der Waals surface area contributed by atoms with Crippen molar-refractivity contribution in [1.82, 2.24) is 4.40 Å². The maximum absolute atomic E-state index is 13.1. The van der Waals surface area contributed by atoms with Gasteiger partial charge in [0.15, 0.2) is 0 Å². The average molecular weight is 389 g/mol. The number of aromatic nitrogens is 1. The number of carbonyl (C=O) groups excluding carboxylic acids is 2. The summed E-state index contributed by atoms with van der Waals surface area (Å²) in [4.78, 5) is 25.8. The Bertz CT molecular complexity index is 1190. The number of hydrogen-bond acceptors (Lipinski definition) is 2. The first-order chi connectivity index (χ1) is 13.5. The zero-order valence-corrected chi connectivity index (χ0v) is 15.9. The number of amides is 1. The summed E-state index contributed by atoms with van der Waals surface area (Å²) in [6, 6.07) is 22.2. The topological polar surface area (TPSA) is 50.6 Å². The van der Waals surface area contributed by atoms with Crippen LogP contribution in [0.15, 0.2) is 79.0 Å². The van der Waals surface area contributed by atoms with Crippen LogP contribution in [0.2, 0.25) is 5.02 Å². The molecule has 1 amide bonds. The summed E-state index contributed by atoms with van der Waals surface area (Å²) in [6.07, 6.45) is 1.78. The van der Waals surface area contributed by atoms with Crippen molar-refractivity contribution < 1.29 is 9.59 Å². The number of benzene rings is 2. The number of nitrogens with zero attached hydrogens (tertiary/aromatic N) is 1. The summed E-state index contributed by atoms with van der Waals surface area (Å²) >= 11 is 6.10. The average Bonchev–Trinajstić information content (AvgIpc) is 3.09. The second-order valence-corrected chi connectivity index (χ2v) is 6.94. The third-order valence-electron chi connectivity index (χ3n) is 4.59. The molecule has 2 aromatic heterocycles. The fourth-order valence-corrected chi connectivity index (χ4v) is 3.34. The lowest BCUT2D eigenvalue weighted by atomic mass is 10.0. The van der Waals surface area contributed by atoms with Crippen LogP contribution in [0.25, 0.3) is 16.6 Å². The lowest BCUT2D eigenvalue weighted by Crippen LogP contribution is -2.24. The monoisotopic (exact) mass is 388 g/mol. The van der Waals surface area contributed by atoms with E-state index in [1.54, 1.807) is 34.9 Å². The van der Waals surface area contributed by atoms with Gasteiger partial charge < -0.3 is 9.72 Å². The van der Waals surface area contributed by atoms with E-state index in [2.05, 4.69) is 5.32 Å². The molecule has 2 aromatic carbocycles. The van der Waals surface area contributed by atoms with Gasteiger partial charge in [0, 0.05) is 17.3 Å². The van der Waals surface area contributed by atoms with E-state index in [1.807, 2.05) is 55.5 Å². The van der Waals surface area contributed by atoms with Gasteiger partial charge in [-0.15, -0.1) is 0 Å². The Morgan fingerprint density at radius 2 is 1.64 bits per heavy atom. The van der Waals surface area contributed by atoms with Crippen LogP contribution < -0.4 is 5.32 Å². The van der Waals surface area contributed by atoms with Gasteiger partial charge in [-0.25, -0.2) is 0 Å². The molecule has 0 aliphatic rings. The highest BCUT2D eigenvalue weighted by atomic mass is 35.5. The third kappa shape index (κ3) is 3.30. The maximum Gasteiger partial charge on any atom is 0.298 e. The lowest BCUT2D eigenvalue weighted by molar-refractivity contribution is -0.112. The molecular formula is C23H17ClN2O2. The molecule has 0 spiro atoms. The van der Waals surface area contributed by atoms with Crippen molar-refractivity contribution in [1.29, 1.82) is 0 Å². The number of fused-ring (bicyclic) bond motifs is 1. The molecule has 0 aliphatic heterocycles. The fraction of sp³-hybridized carbons (Fsp3) is 0.0435. The Hall–Kier alpha value is -3.37. The van der Waals surface area contributed by atoms with Crippen molar-refractivity contribution in [3.63, 3.8) is 0 Å². The summed E-state index contributed by atoms with van der Waals surface area (Å²) in [5, 5.41) is 2.99. The number of rotatable bonds is 4. The number of anilines is 1. The third-order valence-corrected chi connectivity index (χ3v) is 4.92. The molecule has 0 fully saturated rings. The summed E-state index contributed by atoms with van der Waals surface area (Å²) in [6.45, 7) is 2.00. The Morgan fingerprint density at radius 3 is 2.39 bits per heavy atom.